The number of benzene rings is 1. The number of aromatic nitrogens is 5. The Labute approximate surface area is 135 Å². The van der Waals surface area contributed by atoms with Crippen LogP contribution < -0.4 is 0 Å². The maximum absolute atomic E-state index is 10.5. The molecule has 23 heavy (non-hydrogen) atoms. The highest BCUT2D eigenvalue weighted by atomic mass is 16.3. The van der Waals surface area contributed by atoms with Gasteiger partial charge in [0.1, 0.15) is 0 Å². The van der Waals surface area contributed by atoms with Crippen molar-refractivity contribution >= 4 is 10.9 Å². The second kappa shape index (κ2) is 5.77. The number of aryl methyl sites for hydroxylation is 1. The number of H-pyrrole nitrogens is 1. The molecule has 6 heteroatoms. The summed E-state index contributed by atoms with van der Waals surface area (Å²) in [5, 5.41) is 25.4. The minimum atomic E-state index is -0.564. The van der Waals surface area contributed by atoms with Gasteiger partial charge in [-0.05, 0) is 25.1 Å². The predicted octanol–water partition coefficient (Wildman–Crippen LogP) is 2.36. The van der Waals surface area contributed by atoms with Crippen LogP contribution in [0.2, 0.25) is 0 Å². The number of nitrogens with one attached hydrogen (secondary N) is 1. The molecular weight excluding hydrogens is 290 g/mol. The van der Waals surface area contributed by atoms with Crippen LogP contribution in [0.25, 0.3) is 10.9 Å². The Morgan fingerprint density at radius 1 is 1.26 bits per heavy atom. The van der Waals surface area contributed by atoms with Gasteiger partial charge in [-0.1, -0.05) is 37.6 Å². The number of aromatic amines is 1. The fourth-order valence-electron chi connectivity index (χ4n) is 2.96. The third-order valence-corrected chi connectivity index (χ3v) is 4.03. The number of aliphatic hydroxyl groups excluding tert-OH is 1. The van der Waals surface area contributed by atoms with Crippen LogP contribution in [0.4, 0.5) is 0 Å². The Kier molecular flexibility index (Phi) is 3.93. The van der Waals surface area contributed by atoms with Crippen LogP contribution in [0, 0.1) is 6.92 Å². The summed E-state index contributed by atoms with van der Waals surface area (Å²) in [7, 11) is 0. The Morgan fingerprint density at radius 2 is 2.04 bits per heavy atom. The average Bonchev–Trinajstić information content (AvgIpc) is 3.06. The third kappa shape index (κ3) is 3.27. The van der Waals surface area contributed by atoms with E-state index in [0.29, 0.717) is 18.8 Å². The molecule has 0 aliphatic heterocycles. The van der Waals surface area contributed by atoms with Gasteiger partial charge in [-0.15, -0.1) is 10.2 Å². The molecule has 1 unspecified atom stereocenters. The first-order valence-electron chi connectivity index (χ1n) is 7.85. The summed E-state index contributed by atoms with van der Waals surface area (Å²) in [5.74, 6) is 0.530. The normalized spacial score (nSPS) is 13.6. The number of hydrogen-bond acceptors (Lipinski definition) is 4. The van der Waals surface area contributed by atoms with Crippen molar-refractivity contribution < 1.29 is 5.11 Å². The Balaban J connectivity index is 1.97. The molecule has 2 N–H and O–H groups in total. The lowest BCUT2D eigenvalue weighted by Gasteiger charge is -2.23. The zero-order chi connectivity index (χ0) is 16.6. The summed E-state index contributed by atoms with van der Waals surface area (Å²) >= 11 is 0. The van der Waals surface area contributed by atoms with Gasteiger partial charge in [-0.2, -0.15) is 5.21 Å². The van der Waals surface area contributed by atoms with E-state index in [2.05, 4.69) is 77.2 Å². The zero-order valence-electron chi connectivity index (χ0n) is 14.0. The summed E-state index contributed by atoms with van der Waals surface area (Å²) in [6.45, 7) is 9.18. The van der Waals surface area contributed by atoms with E-state index in [1.165, 1.54) is 16.6 Å². The molecule has 3 aromatic rings. The molecule has 0 fully saturated rings. The Morgan fingerprint density at radius 3 is 2.70 bits per heavy atom. The van der Waals surface area contributed by atoms with E-state index in [0.717, 1.165) is 5.52 Å². The molecule has 0 amide bonds. The third-order valence-electron chi connectivity index (χ3n) is 4.03. The van der Waals surface area contributed by atoms with Gasteiger partial charge >= 0.3 is 0 Å². The smallest absolute Gasteiger partial charge is 0.177 e. The van der Waals surface area contributed by atoms with Gasteiger partial charge in [0, 0.05) is 35.0 Å². The Hall–Kier alpha value is -2.21. The summed E-state index contributed by atoms with van der Waals surface area (Å²) in [6.07, 6.45) is -0.184. The quantitative estimate of drug-likeness (QED) is 0.775. The van der Waals surface area contributed by atoms with Gasteiger partial charge in [0.15, 0.2) is 5.82 Å². The van der Waals surface area contributed by atoms with Crippen LogP contribution in [-0.2, 0) is 18.4 Å². The first-order chi connectivity index (χ1) is 10.8. The van der Waals surface area contributed by atoms with Gasteiger partial charge in [0.25, 0.3) is 0 Å². The molecule has 1 atom stereocenters. The number of tetrazole rings is 1. The SMILES string of the molecule is Cc1ccc2c(c1)cc(C(C)(C)C)n2CC(O)Cc1nn[nH]n1. The van der Waals surface area contributed by atoms with Gasteiger partial charge in [-0.25, -0.2) is 0 Å². The predicted molar refractivity (Wildman–Crippen MR) is 89.3 cm³/mol. The van der Waals surface area contributed by atoms with Crippen molar-refractivity contribution in [2.24, 2.45) is 0 Å². The molecule has 0 aliphatic rings. The van der Waals surface area contributed by atoms with Crippen LogP contribution in [0.5, 0.6) is 0 Å². The van der Waals surface area contributed by atoms with E-state index >= 15 is 0 Å². The Bertz CT molecular complexity index is 798. The molecular formula is C17H23N5O. The average molecular weight is 313 g/mol. The topological polar surface area (TPSA) is 79.6 Å². The highest BCUT2D eigenvalue weighted by Crippen LogP contribution is 2.30. The van der Waals surface area contributed by atoms with E-state index in [-0.39, 0.29) is 5.41 Å². The van der Waals surface area contributed by atoms with E-state index < -0.39 is 6.10 Å². The number of fused-ring (bicyclic) bond motifs is 1. The summed E-state index contributed by atoms with van der Waals surface area (Å²) in [4.78, 5) is 0. The first kappa shape index (κ1) is 15.7. The van der Waals surface area contributed by atoms with Crippen molar-refractivity contribution in [3.63, 3.8) is 0 Å². The maximum Gasteiger partial charge on any atom is 0.177 e. The summed E-state index contributed by atoms with van der Waals surface area (Å²) in [5.41, 5.74) is 3.60. The van der Waals surface area contributed by atoms with Crippen LogP contribution in [0.3, 0.4) is 0 Å². The lowest BCUT2D eigenvalue weighted by molar-refractivity contribution is 0.151. The lowest BCUT2D eigenvalue weighted by Crippen LogP contribution is -2.24. The van der Waals surface area contributed by atoms with Crippen LogP contribution in [-0.4, -0.2) is 36.4 Å². The van der Waals surface area contributed by atoms with Crippen LogP contribution in [0.1, 0.15) is 37.9 Å². The van der Waals surface area contributed by atoms with Gasteiger partial charge in [-0.3, -0.25) is 0 Å². The minimum Gasteiger partial charge on any atom is -0.391 e. The van der Waals surface area contributed by atoms with Crippen molar-refractivity contribution in [2.75, 3.05) is 0 Å². The summed E-state index contributed by atoms with van der Waals surface area (Å²) < 4.78 is 2.21. The number of aliphatic hydroxyl groups is 1. The van der Waals surface area contributed by atoms with Gasteiger partial charge in [0.05, 0.1) is 6.10 Å². The van der Waals surface area contributed by atoms with Crippen LogP contribution in [0.15, 0.2) is 24.3 Å². The van der Waals surface area contributed by atoms with Crippen LogP contribution >= 0.6 is 0 Å². The molecule has 0 spiro atoms. The molecule has 3 rings (SSSR count). The molecule has 0 radical (unpaired) electrons. The molecule has 0 saturated heterocycles. The minimum absolute atomic E-state index is 0.00121. The molecule has 1 aromatic carbocycles. The van der Waals surface area contributed by atoms with E-state index in [1.807, 2.05) is 0 Å². The van der Waals surface area contributed by atoms with Crippen molar-refractivity contribution in [3.05, 3.63) is 41.3 Å². The molecule has 0 aliphatic carbocycles. The van der Waals surface area contributed by atoms with E-state index in [4.69, 9.17) is 0 Å². The fraction of sp³-hybridized carbons (Fsp3) is 0.471. The molecule has 0 saturated carbocycles. The van der Waals surface area contributed by atoms with Gasteiger partial charge in [0.2, 0.25) is 0 Å². The molecule has 2 aromatic heterocycles. The molecule has 0 bridgehead atoms. The molecule has 122 valence electrons. The van der Waals surface area contributed by atoms with Crippen molar-refractivity contribution in [1.82, 2.24) is 25.2 Å². The maximum atomic E-state index is 10.5. The van der Waals surface area contributed by atoms with Crippen molar-refractivity contribution in [2.45, 2.75) is 52.2 Å². The first-order valence-corrected chi connectivity index (χ1v) is 7.85. The number of hydrogen-bond donors (Lipinski definition) is 2. The van der Waals surface area contributed by atoms with E-state index in [9.17, 15) is 5.11 Å². The zero-order valence-corrected chi connectivity index (χ0v) is 14.0. The number of nitrogens with zero attached hydrogens (tertiary/aromatic N) is 4. The number of rotatable bonds is 4. The largest absolute Gasteiger partial charge is 0.391 e. The summed E-state index contributed by atoms with van der Waals surface area (Å²) in [6, 6.07) is 8.65. The standard InChI is InChI=1S/C17H23N5O/c1-11-5-6-14-12(7-11)8-15(17(2,3)4)22(14)10-13(23)9-16-18-20-21-19-16/h5-8,13,23H,9-10H2,1-4H3,(H,18,19,20,21). The highest BCUT2D eigenvalue weighted by Gasteiger charge is 2.22. The lowest BCUT2D eigenvalue weighted by atomic mass is 9.92. The van der Waals surface area contributed by atoms with Crippen molar-refractivity contribution in [3.8, 4) is 0 Å². The molecule has 6 nitrogen and oxygen atoms in total. The van der Waals surface area contributed by atoms with E-state index in [1.54, 1.807) is 0 Å². The monoisotopic (exact) mass is 313 g/mol. The molecule has 2 heterocycles. The highest BCUT2D eigenvalue weighted by molar-refractivity contribution is 5.82. The van der Waals surface area contributed by atoms with Gasteiger partial charge < -0.3 is 9.67 Å². The fourth-order valence-corrected chi connectivity index (χ4v) is 2.96. The second-order valence-corrected chi connectivity index (χ2v) is 7.14. The van der Waals surface area contributed by atoms with Crippen molar-refractivity contribution in [1.29, 1.82) is 0 Å². The second-order valence-electron chi connectivity index (χ2n) is 7.14.